The Morgan fingerprint density at radius 1 is 1.39 bits per heavy atom. The van der Waals surface area contributed by atoms with E-state index in [0.717, 1.165) is 0 Å². The number of anilines is 1. The second kappa shape index (κ2) is 6.69. The quantitative estimate of drug-likeness (QED) is 0.636. The summed E-state index contributed by atoms with van der Waals surface area (Å²) in [5.74, 6) is 0. The number of nitrogens with one attached hydrogen (secondary N) is 2. The lowest BCUT2D eigenvalue weighted by atomic mass is 10.1. The Hall–Kier alpha value is -1.15. The standard InChI is InChI=1S/C11H18N2O4S/c1-9(14)10-5-3-4-6-11(10)13-18(15,16)12-7-8-17-2/h3-6,9,12-14H,7-8H2,1-2H3. The average molecular weight is 274 g/mol. The molecule has 0 heterocycles. The molecule has 0 aliphatic carbocycles. The second-order valence-electron chi connectivity index (χ2n) is 3.76. The fourth-order valence-corrected chi connectivity index (χ4v) is 2.31. The van der Waals surface area contributed by atoms with Crippen LogP contribution in [0.4, 0.5) is 5.69 Å². The molecular weight excluding hydrogens is 256 g/mol. The smallest absolute Gasteiger partial charge is 0.299 e. The molecule has 0 saturated heterocycles. The third kappa shape index (κ3) is 4.61. The van der Waals surface area contributed by atoms with Gasteiger partial charge in [0, 0.05) is 19.2 Å². The molecule has 1 aromatic carbocycles. The molecule has 3 N–H and O–H groups in total. The van der Waals surface area contributed by atoms with E-state index < -0.39 is 16.3 Å². The number of aliphatic hydroxyl groups excluding tert-OH is 1. The molecule has 0 radical (unpaired) electrons. The number of aliphatic hydroxyl groups is 1. The molecule has 7 heteroatoms. The fourth-order valence-electron chi connectivity index (χ4n) is 1.41. The van der Waals surface area contributed by atoms with Crippen molar-refractivity contribution in [3.8, 4) is 0 Å². The fraction of sp³-hybridized carbons (Fsp3) is 0.455. The third-order valence-corrected chi connectivity index (χ3v) is 3.33. The first-order valence-electron chi connectivity index (χ1n) is 5.49. The first-order valence-corrected chi connectivity index (χ1v) is 6.98. The van der Waals surface area contributed by atoms with Crippen molar-refractivity contribution in [2.45, 2.75) is 13.0 Å². The molecule has 0 bridgehead atoms. The number of hydrogen-bond donors (Lipinski definition) is 3. The Bertz CT molecular complexity index is 474. The number of ether oxygens (including phenoxy) is 1. The van der Waals surface area contributed by atoms with Gasteiger partial charge in [0.05, 0.1) is 18.4 Å². The molecule has 0 saturated carbocycles. The zero-order valence-corrected chi connectivity index (χ0v) is 11.2. The van der Waals surface area contributed by atoms with Crippen LogP contribution in [0.1, 0.15) is 18.6 Å². The summed E-state index contributed by atoms with van der Waals surface area (Å²) < 4.78 is 32.8. The summed E-state index contributed by atoms with van der Waals surface area (Å²) in [5.41, 5.74) is 0.882. The molecule has 1 aromatic rings. The van der Waals surface area contributed by atoms with E-state index in [4.69, 9.17) is 4.74 Å². The van der Waals surface area contributed by atoms with Crippen molar-refractivity contribution in [2.75, 3.05) is 25.0 Å². The number of methoxy groups -OCH3 is 1. The average Bonchev–Trinajstić information content (AvgIpc) is 2.29. The minimum atomic E-state index is -3.65. The molecule has 6 nitrogen and oxygen atoms in total. The van der Waals surface area contributed by atoms with E-state index in [1.54, 1.807) is 31.2 Å². The van der Waals surface area contributed by atoms with Crippen LogP contribution in [-0.4, -0.2) is 33.8 Å². The second-order valence-corrected chi connectivity index (χ2v) is 5.26. The van der Waals surface area contributed by atoms with Gasteiger partial charge in [-0.1, -0.05) is 18.2 Å². The minimum absolute atomic E-state index is 0.183. The Kier molecular flexibility index (Phi) is 5.54. The van der Waals surface area contributed by atoms with Gasteiger partial charge in [-0.15, -0.1) is 0 Å². The monoisotopic (exact) mass is 274 g/mol. The molecule has 0 fully saturated rings. The molecular formula is C11H18N2O4S. The first kappa shape index (κ1) is 14.9. The van der Waals surface area contributed by atoms with E-state index in [1.165, 1.54) is 7.11 Å². The highest BCUT2D eigenvalue weighted by atomic mass is 32.2. The zero-order chi connectivity index (χ0) is 13.6. The molecule has 0 spiro atoms. The molecule has 1 unspecified atom stereocenters. The Morgan fingerprint density at radius 2 is 2.06 bits per heavy atom. The molecule has 0 aromatic heterocycles. The topological polar surface area (TPSA) is 87.7 Å². The maximum absolute atomic E-state index is 11.7. The van der Waals surface area contributed by atoms with Crippen LogP contribution < -0.4 is 9.44 Å². The Balaban J connectivity index is 2.78. The Morgan fingerprint density at radius 3 is 2.67 bits per heavy atom. The van der Waals surface area contributed by atoms with Crippen molar-refractivity contribution in [3.05, 3.63) is 29.8 Å². The van der Waals surface area contributed by atoms with Crippen LogP contribution in [-0.2, 0) is 14.9 Å². The summed E-state index contributed by atoms with van der Waals surface area (Å²) in [6, 6.07) is 6.69. The van der Waals surface area contributed by atoms with Crippen LogP contribution >= 0.6 is 0 Å². The van der Waals surface area contributed by atoms with Crippen molar-refractivity contribution < 1.29 is 18.3 Å². The van der Waals surface area contributed by atoms with Gasteiger partial charge in [0.2, 0.25) is 0 Å². The lowest BCUT2D eigenvalue weighted by molar-refractivity contribution is 0.200. The van der Waals surface area contributed by atoms with Gasteiger partial charge in [-0.2, -0.15) is 13.1 Å². The van der Waals surface area contributed by atoms with E-state index in [0.29, 0.717) is 17.9 Å². The van der Waals surface area contributed by atoms with E-state index in [-0.39, 0.29) is 6.54 Å². The van der Waals surface area contributed by atoms with Gasteiger partial charge in [0.1, 0.15) is 0 Å². The third-order valence-electron chi connectivity index (χ3n) is 2.25. The van der Waals surface area contributed by atoms with Gasteiger partial charge >= 0.3 is 0 Å². The zero-order valence-electron chi connectivity index (χ0n) is 10.4. The van der Waals surface area contributed by atoms with Gasteiger partial charge in [0.15, 0.2) is 0 Å². The molecule has 1 rings (SSSR count). The minimum Gasteiger partial charge on any atom is -0.389 e. The first-order chi connectivity index (χ1) is 8.46. The highest BCUT2D eigenvalue weighted by molar-refractivity contribution is 7.90. The van der Waals surface area contributed by atoms with Crippen molar-refractivity contribution >= 4 is 15.9 Å². The van der Waals surface area contributed by atoms with Crippen LogP contribution in [0, 0.1) is 0 Å². The number of para-hydroxylation sites is 1. The molecule has 0 amide bonds. The lowest BCUT2D eigenvalue weighted by Gasteiger charge is -2.14. The van der Waals surface area contributed by atoms with Crippen molar-refractivity contribution in [1.29, 1.82) is 0 Å². The van der Waals surface area contributed by atoms with Gasteiger partial charge in [-0.25, -0.2) is 0 Å². The van der Waals surface area contributed by atoms with Crippen molar-refractivity contribution in [3.63, 3.8) is 0 Å². The normalized spacial score (nSPS) is 13.3. The summed E-state index contributed by atoms with van der Waals surface area (Å²) in [6.45, 7) is 2.05. The van der Waals surface area contributed by atoms with E-state index >= 15 is 0 Å². The van der Waals surface area contributed by atoms with E-state index in [2.05, 4.69) is 9.44 Å². The highest BCUT2D eigenvalue weighted by Crippen LogP contribution is 2.22. The van der Waals surface area contributed by atoms with Crippen LogP contribution in [0.5, 0.6) is 0 Å². The molecule has 18 heavy (non-hydrogen) atoms. The number of hydrogen-bond acceptors (Lipinski definition) is 4. The van der Waals surface area contributed by atoms with Crippen LogP contribution in [0.2, 0.25) is 0 Å². The predicted molar refractivity (Wildman–Crippen MR) is 69.5 cm³/mol. The van der Waals surface area contributed by atoms with Crippen LogP contribution in [0.3, 0.4) is 0 Å². The van der Waals surface area contributed by atoms with Gasteiger partial charge in [0.25, 0.3) is 10.2 Å². The van der Waals surface area contributed by atoms with Crippen molar-refractivity contribution in [1.82, 2.24) is 4.72 Å². The van der Waals surface area contributed by atoms with Gasteiger partial charge in [-0.3, -0.25) is 4.72 Å². The van der Waals surface area contributed by atoms with E-state index in [9.17, 15) is 13.5 Å². The highest BCUT2D eigenvalue weighted by Gasteiger charge is 2.13. The van der Waals surface area contributed by atoms with Crippen molar-refractivity contribution in [2.24, 2.45) is 0 Å². The number of rotatable bonds is 7. The summed E-state index contributed by atoms with van der Waals surface area (Å²) in [6.07, 6.45) is -0.747. The largest absolute Gasteiger partial charge is 0.389 e. The molecule has 102 valence electrons. The molecule has 0 aliphatic heterocycles. The van der Waals surface area contributed by atoms with Gasteiger partial charge < -0.3 is 9.84 Å². The van der Waals surface area contributed by atoms with Gasteiger partial charge in [-0.05, 0) is 13.0 Å². The van der Waals surface area contributed by atoms with Crippen LogP contribution in [0.25, 0.3) is 0 Å². The lowest BCUT2D eigenvalue weighted by Crippen LogP contribution is -2.32. The summed E-state index contributed by atoms with van der Waals surface area (Å²) >= 11 is 0. The summed E-state index contributed by atoms with van der Waals surface area (Å²) in [5, 5.41) is 9.54. The summed E-state index contributed by atoms with van der Waals surface area (Å²) in [4.78, 5) is 0. The SMILES string of the molecule is COCCNS(=O)(=O)Nc1ccccc1C(C)O. The summed E-state index contributed by atoms with van der Waals surface area (Å²) in [7, 11) is -2.16. The molecule has 0 aliphatic rings. The number of benzene rings is 1. The predicted octanol–water partition coefficient (Wildman–Crippen LogP) is 0.633. The Labute approximate surface area is 107 Å². The maximum atomic E-state index is 11.7. The molecule has 1 atom stereocenters. The van der Waals surface area contributed by atoms with E-state index in [1.807, 2.05) is 0 Å². The van der Waals surface area contributed by atoms with Crippen LogP contribution in [0.15, 0.2) is 24.3 Å². The maximum Gasteiger partial charge on any atom is 0.299 e.